The molecule has 1 saturated carbocycles. The van der Waals surface area contributed by atoms with E-state index < -0.39 is 0 Å². The van der Waals surface area contributed by atoms with E-state index in [9.17, 15) is 4.79 Å². The Morgan fingerprint density at radius 1 is 1.50 bits per heavy atom. The first kappa shape index (κ1) is 9.31. The van der Waals surface area contributed by atoms with Gasteiger partial charge in [-0.2, -0.15) is 0 Å². The van der Waals surface area contributed by atoms with Crippen LogP contribution in [0.25, 0.3) is 0 Å². The second kappa shape index (κ2) is 3.86. The molecule has 2 rings (SSSR count). The Bertz CT molecular complexity index is 334. The number of pyridine rings is 1. The lowest BCUT2D eigenvalue weighted by atomic mass is 9.80. The van der Waals surface area contributed by atoms with Gasteiger partial charge in [0.2, 0.25) is 5.56 Å². The highest BCUT2D eigenvalue weighted by Gasteiger charge is 2.23. The number of H-pyrrole nitrogens is 1. The summed E-state index contributed by atoms with van der Waals surface area (Å²) in [6.45, 7) is 2.20. The molecular formula is C11H16N2O. The lowest BCUT2D eigenvalue weighted by molar-refractivity contribution is 0.285. The average molecular weight is 192 g/mol. The standard InChI is InChI=1S/C11H16N2O/c1-8(9-3-2-4-9)13-10-5-6-11(14)12-7-10/h5-9,13H,2-4H2,1H3,(H,12,14). The predicted octanol–water partition coefficient (Wildman–Crippen LogP) is 1.98. The molecule has 0 saturated heterocycles. The fraction of sp³-hybridized carbons (Fsp3) is 0.545. The van der Waals surface area contributed by atoms with E-state index in [4.69, 9.17) is 0 Å². The van der Waals surface area contributed by atoms with Crippen molar-refractivity contribution in [3.05, 3.63) is 28.7 Å². The minimum atomic E-state index is -0.0492. The van der Waals surface area contributed by atoms with Crippen LogP contribution in [-0.2, 0) is 0 Å². The molecule has 1 aliphatic rings. The Hall–Kier alpha value is -1.25. The topological polar surface area (TPSA) is 44.9 Å². The van der Waals surface area contributed by atoms with Gasteiger partial charge < -0.3 is 10.3 Å². The van der Waals surface area contributed by atoms with E-state index in [2.05, 4.69) is 17.2 Å². The van der Waals surface area contributed by atoms with Gasteiger partial charge in [0.05, 0.1) is 5.69 Å². The third-order valence-electron chi connectivity index (χ3n) is 3.04. The van der Waals surface area contributed by atoms with Crippen molar-refractivity contribution in [1.82, 2.24) is 4.98 Å². The zero-order valence-corrected chi connectivity index (χ0v) is 8.42. The number of nitrogens with one attached hydrogen (secondary N) is 2. The minimum absolute atomic E-state index is 0.0492. The monoisotopic (exact) mass is 192 g/mol. The summed E-state index contributed by atoms with van der Waals surface area (Å²) < 4.78 is 0. The Morgan fingerprint density at radius 2 is 2.29 bits per heavy atom. The van der Waals surface area contributed by atoms with Crippen molar-refractivity contribution in [1.29, 1.82) is 0 Å². The van der Waals surface area contributed by atoms with E-state index in [1.807, 2.05) is 6.07 Å². The van der Waals surface area contributed by atoms with Gasteiger partial charge in [-0.1, -0.05) is 6.42 Å². The molecule has 0 spiro atoms. The molecule has 1 aromatic rings. The second-order valence-corrected chi connectivity index (χ2v) is 4.07. The molecule has 2 N–H and O–H groups in total. The van der Waals surface area contributed by atoms with Crippen molar-refractivity contribution in [2.45, 2.75) is 32.2 Å². The lowest BCUT2D eigenvalue weighted by Gasteiger charge is -2.32. The van der Waals surface area contributed by atoms with Crippen LogP contribution in [0.4, 0.5) is 5.69 Å². The molecule has 1 fully saturated rings. The molecule has 1 atom stereocenters. The smallest absolute Gasteiger partial charge is 0.248 e. The fourth-order valence-corrected chi connectivity index (χ4v) is 1.82. The summed E-state index contributed by atoms with van der Waals surface area (Å²) in [5.41, 5.74) is 0.954. The fourth-order valence-electron chi connectivity index (χ4n) is 1.82. The van der Waals surface area contributed by atoms with Crippen LogP contribution in [0.5, 0.6) is 0 Å². The Balaban J connectivity index is 1.95. The van der Waals surface area contributed by atoms with Gasteiger partial charge in [-0.15, -0.1) is 0 Å². The Kier molecular flexibility index (Phi) is 2.57. The first-order chi connectivity index (χ1) is 6.75. The molecule has 14 heavy (non-hydrogen) atoms. The van der Waals surface area contributed by atoms with Crippen LogP contribution in [0.3, 0.4) is 0 Å². The molecule has 1 aromatic heterocycles. The maximum absolute atomic E-state index is 10.8. The number of hydrogen-bond acceptors (Lipinski definition) is 2. The SMILES string of the molecule is CC(Nc1ccc(=O)[nH]c1)C1CCC1. The number of anilines is 1. The largest absolute Gasteiger partial charge is 0.381 e. The number of rotatable bonds is 3. The van der Waals surface area contributed by atoms with Gasteiger partial charge in [0.25, 0.3) is 0 Å². The van der Waals surface area contributed by atoms with Crippen molar-refractivity contribution in [2.24, 2.45) is 5.92 Å². The Labute approximate surface area is 83.5 Å². The second-order valence-electron chi connectivity index (χ2n) is 4.07. The zero-order chi connectivity index (χ0) is 9.97. The number of hydrogen-bond donors (Lipinski definition) is 2. The van der Waals surface area contributed by atoms with Crippen LogP contribution < -0.4 is 10.9 Å². The molecule has 0 aliphatic heterocycles. The van der Waals surface area contributed by atoms with Gasteiger partial charge >= 0.3 is 0 Å². The lowest BCUT2D eigenvalue weighted by Crippen LogP contribution is -2.30. The van der Waals surface area contributed by atoms with Crippen molar-refractivity contribution in [3.63, 3.8) is 0 Å². The quantitative estimate of drug-likeness (QED) is 0.769. The summed E-state index contributed by atoms with van der Waals surface area (Å²) in [5.74, 6) is 0.807. The van der Waals surface area contributed by atoms with Crippen LogP contribution in [0.15, 0.2) is 23.1 Å². The van der Waals surface area contributed by atoms with E-state index in [1.54, 1.807) is 12.3 Å². The maximum Gasteiger partial charge on any atom is 0.248 e. The summed E-state index contributed by atoms with van der Waals surface area (Å²) in [5, 5.41) is 3.40. The van der Waals surface area contributed by atoms with E-state index in [-0.39, 0.29) is 5.56 Å². The molecule has 76 valence electrons. The molecule has 0 amide bonds. The summed E-state index contributed by atoms with van der Waals surface area (Å²) in [7, 11) is 0. The van der Waals surface area contributed by atoms with Gasteiger partial charge in [0.1, 0.15) is 0 Å². The molecule has 3 nitrogen and oxygen atoms in total. The van der Waals surface area contributed by atoms with Gasteiger partial charge in [-0.05, 0) is 31.7 Å². The number of aromatic amines is 1. The van der Waals surface area contributed by atoms with Crippen molar-refractivity contribution < 1.29 is 0 Å². The van der Waals surface area contributed by atoms with E-state index in [0.29, 0.717) is 6.04 Å². The summed E-state index contributed by atoms with van der Waals surface area (Å²) in [6, 6.07) is 3.89. The Morgan fingerprint density at radius 3 is 2.79 bits per heavy atom. The predicted molar refractivity (Wildman–Crippen MR) is 57.5 cm³/mol. The molecular weight excluding hydrogens is 176 g/mol. The molecule has 1 aliphatic carbocycles. The third-order valence-corrected chi connectivity index (χ3v) is 3.04. The summed E-state index contributed by atoms with van der Waals surface area (Å²) in [6.07, 6.45) is 5.76. The van der Waals surface area contributed by atoms with Crippen molar-refractivity contribution >= 4 is 5.69 Å². The van der Waals surface area contributed by atoms with E-state index in [1.165, 1.54) is 19.3 Å². The van der Waals surface area contributed by atoms with Crippen molar-refractivity contribution in [3.8, 4) is 0 Å². The van der Waals surface area contributed by atoms with Crippen LogP contribution in [0, 0.1) is 5.92 Å². The number of aromatic nitrogens is 1. The van der Waals surface area contributed by atoms with Gasteiger partial charge in [0.15, 0.2) is 0 Å². The van der Waals surface area contributed by atoms with Crippen LogP contribution >= 0.6 is 0 Å². The molecule has 1 heterocycles. The molecule has 0 aromatic carbocycles. The van der Waals surface area contributed by atoms with Crippen molar-refractivity contribution in [2.75, 3.05) is 5.32 Å². The highest BCUT2D eigenvalue weighted by molar-refractivity contribution is 5.40. The molecule has 0 radical (unpaired) electrons. The molecule has 1 unspecified atom stereocenters. The van der Waals surface area contributed by atoms with Gasteiger partial charge in [0, 0.05) is 18.3 Å². The van der Waals surface area contributed by atoms with Crippen LogP contribution in [-0.4, -0.2) is 11.0 Å². The van der Waals surface area contributed by atoms with E-state index >= 15 is 0 Å². The van der Waals surface area contributed by atoms with Crippen LogP contribution in [0.1, 0.15) is 26.2 Å². The average Bonchev–Trinajstić information content (AvgIpc) is 2.06. The maximum atomic E-state index is 10.8. The van der Waals surface area contributed by atoms with Gasteiger partial charge in [-0.3, -0.25) is 4.79 Å². The summed E-state index contributed by atoms with van der Waals surface area (Å²) in [4.78, 5) is 13.5. The normalized spacial score (nSPS) is 18.6. The highest BCUT2D eigenvalue weighted by Crippen LogP contribution is 2.30. The van der Waals surface area contributed by atoms with Gasteiger partial charge in [-0.25, -0.2) is 0 Å². The zero-order valence-electron chi connectivity index (χ0n) is 8.42. The minimum Gasteiger partial charge on any atom is -0.381 e. The molecule has 3 heteroatoms. The first-order valence-electron chi connectivity index (χ1n) is 5.21. The third kappa shape index (κ3) is 1.97. The summed E-state index contributed by atoms with van der Waals surface area (Å²) >= 11 is 0. The van der Waals surface area contributed by atoms with E-state index in [0.717, 1.165) is 11.6 Å². The van der Waals surface area contributed by atoms with Crippen LogP contribution in [0.2, 0.25) is 0 Å². The highest BCUT2D eigenvalue weighted by atomic mass is 16.1. The first-order valence-corrected chi connectivity index (χ1v) is 5.21. The molecule has 0 bridgehead atoms.